The number of thiophene rings is 1. The van der Waals surface area contributed by atoms with Gasteiger partial charge >= 0.3 is 0 Å². The van der Waals surface area contributed by atoms with E-state index in [0.29, 0.717) is 5.69 Å². The molecule has 1 unspecified atom stereocenters. The summed E-state index contributed by atoms with van der Waals surface area (Å²) in [4.78, 5) is 24.8. The maximum absolute atomic E-state index is 12.4. The van der Waals surface area contributed by atoms with Crippen molar-refractivity contribution in [1.29, 1.82) is 0 Å². The summed E-state index contributed by atoms with van der Waals surface area (Å²) in [6.45, 7) is 1.46. The Hall–Kier alpha value is -3.12. The normalized spacial score (nSPS) is 11.4. The van der Waals surface area contributed by atoms with Crippen molar-refractivity contribution >= 4 is 40.2 Å². The van der Waals surface area contributed by atoms with Crippen molar-refractivity contribution in [3.63, 3.8) is 0 Å². The number of carbonyl (C=O) groups is 2. The van der Waals surface area contributed by atoms with E-state index in [1.165, 1.54) is 18.3 Å². The molecule has 0 saturated heterocycles. The van der Waals surface area contributed by atoms with Crippen LogP contribution in [0.3, 0.4) is 0 Å². The highest BCUT2D eigenvalue weighted by Crippen LogP contribution is 2.23. The molecule has 0 aliphatic heterocycles. The van der Waals surface area contributed by atoms with E-state index in [9.17, 15) is 9.59 Å². The Labute approximate surface area is 162 Å². The molecule has 2 aromatic carbocycles. The topological polar surface area (TPSA) is 70.2 Å². The number of carbonyl (C=O) groups excluding carboxylic acids is 2. The number of hydrogen-bond acceptors (Lipinski definition) is 4. The smallest absolute Gasteiger partial charge is 0.226 e. The van der Waals surface area contributed by atoms with Crippen molar-refractivity contribution in [2.45, 2.75) is 19.4 Å². The second-order valence-corrected chi connectivity index (χ2v) is 7.07. The van der Waals surface area contributed by atoms with Gasteiger partial charge in [0, 0.05) is 28.9 Å². The fourth-order valence-electron chi connectivity index (χ4n) is 2.68. The number of benzene rings is 2. The summed E-state index contributed by atoms with van der Waals surface area (Å²) < 4.78 is 0. The Morgan fingerprint density at radius 3 is 2.19 bits per heavy atom. The van der Waals surface area contributed by atoms with Crippen LogP contribution in [0.15, 0.2) is 72.1 Å². The van der Waals surface area contributed by atoms with E-state index in [2.05, 4.69) is 16.0 Å². The first-order valence-electron chi connectivity index (χ1n) is 8.62. The van der Waals surface area contributed by atoms with E-state index in [1.807, 2.05) is 72.1 Å². The van der Waals surface area contributed by atoms with Crippen molar-refractivity contribution in [2.75, 3.05) is 10.6 Å². The lowest BCUT2D eigenvalue weighted by molar-refractivity contribution is -0.120. The number of amides is 2. The molecule has 0 radical (unpaired) electrons. The second-order valence-electron chi connectivity index (χ2n) is 6.09. The van der Waals surface area contributed by atoms with E-state index in [-0.39, 0.29) is 24.3 Å². The summed E-state index contributed by atoms with van der Waals surface area (Å²) in [5.41, 5.74) is 2.66. The van der Waals surface area contributed by atoms with Crippen LogP contribution in [0, 0.1) is 0 Å². The first-order valence-corrected chi connectivity index (χ1v) is 9.50. The Kier molecular flexibility index (Phi) is 6.22. The minimum Gasteiger partial charge on any atom is -0.356 e. The standard InChI is InChI=1S/C21H21N3O2S/c1-15(25)22-19(20-8-5-13-27-20)14-21(26)24-18-11-9-17(10-12-18)23-16-6-3-2-4-7-16/h2-13,19,23H,14H2,1H3,(H,22,25)(H,24,26). The Bertz CT molecular complexity index is 878. The summed E-state index contributed by atoms with van der Waals surface area (Å²) in [7, 11) is 0. The molecule has 1 heterocycles. The van der Waals surface area contributed by atoms with Gasteiger partial charge in [-0.2, -0.15) is 0 Å². The fraction of sp³-hybridized carbons (Fsp3) is 0.143. The van der Waals surface area contributed by atoms with Crippen LogP contribution in [0.2, 0.25) is 0 Å². The van der Waals surface area contributed by atoms with Gasteiger partial charge in [-0.3, -0.25) is 9.59 Å². The van der Waals surface area contributed by atoms with Gasteiger partial charge in [0.2, 0.25) is 11.8 Å². The van der Waals surface area contributed by atoms with Gasteiger partial charge in [0.15, 0.2) is 0 Å². The van der Waals surface area contributed by atoms with Crippen LogP contribution < -0.4 is 16.0 Å². The lowest BCUT2D eigenvalue weighted by Crippen LogP contribution is -2.29. The molecule has 3 N–H and O–H groups in total. The maximum Gasteiger partial charge on any atom is 0.226 e. The van der Waals surface area contributed by atoms with Gasteiger partial charge in [-0.05, 0) is 47.8 Å². The van der Waals surface area contributed by atoms with Gasteiger partial charge in [-0.1, -0.05) is 24.3 Å². The molecule has 0 spiro atoms. The summed E-state index contributed by atoms with van der Waals surface area (Å²) in [5, 5.41) is 11.0. The molecule has 6 heteroatoms. The quantitative estimate of drug-likeness (QED) is 0.557. The highest BCUT2D eigenvalue weighted by Gasteiger charge is 2.18. The first-order chi connectivity index (χ1) is 13.1. The Morgan fingerprint density at radius 2 is 1.56 bits per heavy atom. The predicted octanol–water partition coefficient (Wildman–Crippen LogP) is 4.70. The second kappa shape index (κ2) is 9.00. The third kappa shape index (κ3) is 5.69. The number of hydrogen-bond donors (Lipinski definition) is 3. The van der Waals surface area contributed by atoms with Crippen LogP contribution in [0.4, 0.5) is 17.1 Å². The largest absolute Gasteiger partial charge is 0.356 e. The third-order valence-corrected chi connectivity index (χ3v) is 4.87. The lowest BCUT2D eigenvalue weighted by Gasteiger charge is -2.16. The average molecular weight is 379 g/mol. The molecule has 27 heavy (non-hydrogen) atoms. The molecule has 1 atom stereocenters. The summed E-state index contributed by atoms with van der Waals surface area (Å²) in [6.07, 6.45) is 0.185. The molecule has 0 bridgehead atoms. The van der Waals surface area contributed by atoms with Gasteiger partial charge < -0.3 is 16.0 Å². The molecule has 2 amide bonds. The number of nitrogens with one attached hydrogen (secondary N) is 3. The average Bonchev–Trinajstić information content (AvgIpc) is 3.18. The first kappa shape index (κ1) is 18.7. The molecular formula is C21H21N3O2S. The molecule has 5 nitrogen and oxygen atoms in total. The fourth-order valence-corrected chi connectivity index (χ4v) is 3.46. The zero-order chi connectivity index (χ0) is 19.1. The molecular weight excluding hydrogens is 358 g/mol. The van der Waals surface area contributed by atoms with Crippen molar-refractivity contribution in [2.24, 2.45) is 0 Å². The van der Waals surface area contributed by atoms with Crippen molar-refractivity contribution in [3.8, 4) is 0 Å². The highest BCUT2D eigenvalue weighted by atomic mass is 32.1. The van der Waals surface area contributed by atoms with Gasteiger partial charge in [0.1, 0.15) is 0 Å². The molecule has 138 valence electrons. The molecule has 3 rings (SSSR count). The van der Waals surface area contributed by atoms with E-state index in [4.69, 9.17) is 0 Å². The van der Waals surface area contributed by atoms with Crippen LogP contribution in [-0.4, -0.2) is 11.8 Å². The van der Waals surface area contributed by atoms with Gasteiger partial charge in [0.05, 0.1) is 12.5 Å². The van der Waals surface area contributed by atoms with Gasteiger partial charge in [-0.25, -0.2) is 0 Å². The zero-order valence-corrected chi connectivity index (χ0v) is 15.8. The molecule has 3 aromatic rings. The van der Waals surface area contributed by atoms with Crippen LogP contribution in [0.5, 0.6) is 0 Å². The molecule has 0 aliphatic carbocycles. The maximum atomic E-state index is 12.4. The summed E-state index contributed by atoms with van der Waals surface area (Å²) in [6, 6.07) is 20.9. The van der Waals surface area contributed by atoms with Crippen LogP contribution >= 0.6 is 11.3 Å². The molecule has 0 saturated carbocycles. The molecule has 0 aliphatic rings. The van der Waals surface area contributed by atoms with Crippen LogP contribution in [0.1, 0.15) is 24.3 Å². The number of para-hydroxylation sites is 1. The van der Waals surface area contributed by atoms with E-state index >= 15 is 0 Å². The van der Waals surface area contributed by atoms with Gasteiger partial charge in [0.25, 0.3) is 0 Å². The van der Waals surface area contributed by atoms with E-state index in [0.717, 1.165) is 16.3 Å². The molecule has 0 fully saturated rings. The summed E-state index contributed by atoms with van der Waals surface area (Å²) >= 11 is 1.52. The SMILES string of the molecule is CC(=O)NC(CC(=O)Nc1ccc(Nc2ccccc2)cc1)c1cccs1. The lowest BCUT2D eigenvalue weighted by atomic mass is 10.1. The monoisotopic (exact) mass is 379 g/mol. The Balaban J connectivity index is 1.59. The van der Waals surface area contributed by atoms with Crippen molar-refractivity contribution in [3.05, 3.63) is 77.0 Å². The molecule has 1 aromatic heterocycles. The van der Waals surface area contributed by atoms with E-state index in [1.54, 1.807) is 0 Å². The predicted molar refractivity (Wildman–Crippen MR) is 110 cm³/mol. The van der Waals surface area contributed by atoms with Crippen LogP contribution in [0.25, 0.3) is 0 Å². The van der Waals surface area contributed by atoms with E-state index < -0.39 is 0 Å². The minimum absolute atomic E-state index is 0.147. The highest BCUT2D eigenvalue weighted by molar-refractivity contribution is 7.10. The van der Waals surface area contributed by atoms with Crippen molar-refractivity contribution < 1.29 is 9.59 Å². The minimum atomic E-state index is -0.318. The summed E-state index contributed by atoms with van der Waals surface area (Å²) in [5.74, 6) is -0.302. The number of anilines is 3. The Morgan fingerprint density at radius 1 is 0.889 bits per heavy atom. The van der Waals surface area contributed by atoms with Crippen molar-refractivity contribution in [1.82, 2.24) is 5.32 Å². The third-order valence-electron chi connectivity index (χ3n) is 3.88. The number of rotatable bonds is 7. The zero-order valence-electron chi connectivity index (χ0n) is 14.9. The van der Waals surface area contributed by atoms with Gasteiger partial charge in [-0.15, -0.1) is 11.3 Å². The van der Waals surface area contributed by atoms with Crippen LogP contribution in [-0.2, 0) is 9.59 Å².